The summed E-state index contributed by atoms with van der Waals surface area (Å²) >= 11 is 0. The number of carbonyl (C=O) groups excluding carboxylic acids is 3. The van der Waals surface area contributed by atoms with E-state index in [-0.39, 0.29) is 30.3 Å². The average molecular weight is 636 g/mol. The third-order valence-corrected chi connectivity index (χ3v) is 7.34. The lowest BCUT2D eigenvalue weighted by Gasteiger charge is -2.22. The van der Waals surface area contributed by atoms with Crippen LogP contribution in [-0.2, 0) is 20.9 Å². The standard InChI is InChI=1S/C34H51N9O3/c1-21(22(2)40-30(45)33(8,9)10)27(43-17-25(23(3)38-20-43)15-36-29(44)32(5,6)7)39-19-42(14)28-26(16-35-18-37-28)24(4)41-31(46)34(11,12)13/h16-20,22,24H,14-15H2,1-13H3,(H-2,36,40,41,44,45,46)/p+2/b27-21-,39-19?/t22?,24-/m1/s1. The van der Waals surface area contributed by atoms with Crippen LogP contribution < -0.4 is 20.5 Å². The Morgan fingerprint density at radius 1 is 0.957 bits per heavy atom. The van der Waals surface area contributed by atoms with Crippen LogP contribution in [0.5, 0.6) is 0 Å². The van der Waals surface area contributed by atoms with Crippen LogP contribution in [0.15, 0.2) is 35.6 Å². The lowest BCUT2D eigenvalue weighted by Crippen LogP contribution is -2.43. The van der Waals surface area contributed by atoms with Gasteiger partial charge in [-0.1, -0.05) is 72.3 Å². The summed E-state index contributed by atoms with van der Waals surface area (Å²) in [4.78, 5) is 56.1. The molecule has 0 aliphatic carbocycles. The number of carbonyl (C=O) groups is 3. The predicted octanol–water partition coefficient (Wildman–Crippen LogP) is 4.17. The minimum absolute atomic E-state index is 0.0768. The minimum Gasteiger partial charge on any atom is -0.351 e. The van der Waals surface area contributed by atoms with Gasteiger partial charge in [0.2, 0.25) is 30.4 Å². The number of nitrogens with zero attached hydrogens (tertiary/aromatic N) is 6. The van der Waals surface area contributed by atoms with Gasteiger partial charge in [-0.3, -0.25) is 14.4 Å². The third-order valence-electron chi connectivity index (χ3n) is 7.34. The van der Waals surface area contributed by atoms with E-state index in [4.69, 9.17) is 4.99 Å². The Hall–Kier alpha value is -4.35. The maximum absolute atomic E-state index is 12.9. The van der Waals surface area contributed by atoms with E-state index in [1.165, 1.54) is 17.2 Å². The fourth-order valence-electron chi connectivity index (χ4n) is 3.89. The fourth-order valence-corrected chi connectivity index (χ4v) is 3.89. The molecule has 0 spiro atoms. The van der Waals surface area contributed by atoms with Crippen LogP contribution >= 0.6 is 0 Å². The summed E-state index contributed by atoms with van der Waals surface area (Å²) in [7, 11) is 0. The largest absolute Gasteiger partial charge is 0.351 e. The van der Waals surface area contributed by atoms with Crippen molar-refractivity contribution in [2.45, 2.75) is 109 Å². The van der Waals surface area contributed by atoms with Gasteiger partial charge in [0.25, 0.3) is 11.6 Å². The van der Waals surface area contributed by atoms with Crippen molar-refractivity contribution in [3.8, 4) is 0 Å². The molecule has 2 heterocycles. The normalized spacial score (nSPS) is 14.3. The van der Waals surface area contributed by atoms with E-state index in [2.05, 4.69) is 37.6 Å². The number of nitrogens with one attached hydrogen (secondary N) is 3. The molecule has 3 amide bonds. The highest BCUT2D eigenvalue weighted by Crippen LogP contribution is 2.23. The van der Waals surface area contributed by atoms with E-state index in [1.54, 1.807) is 17.1 Å². The Morgan fingerprint density at radius 2 is 1.52 bits per heavy atom. The fraction of sp³-hybridized carbons (Fsp3) is 0.559. The highest BCUT2D eigenvalue weighted by molar-refractivity contribution is 5.83. The summed E-state index contributed by atoms with van der Waals surface area (Å²) < 4.78 is 3.27. The molecule has 0 aromatic carbocycles. The number of hydrogen-bond acceptors (Lipinski definition) is 7. The number of amides is 3. The third kappa shape index (κ3) is 10.3. The van der Waals surface area contributed by atoms with Gasteiger partial charge in [-0.2, -0.15) is 0 Å². The first-order chi connectivity index (χ1) is 21.0. The number of aliphatic imine (C=N–C) groups is 1. The number of hydrogen-bond donors (Lipinski definition) is 3. The highest BCUT2D eigenvalue weighted by Gasteiger charge is 2.28. The van der Waals surface area contributed by atoms with Crippen LogP contribution in [0.25, 0.3) is 5.82 Å². The van der Waals surface area contributed by atoms with Crippen LogP contribution in [0.3, 0.4) is 0 Å². The molecule has 12 nitrogen and oxygen atoms in total. The molecule has 0 radical (unpaired) electrons. The van der Waals surface area contributed by atoms with Crippen LogP contribution in [0.1, 0.15) is 106 Å². The van der Waals surface area contributed by atoms with Gasteiger partial charge in [0.15, 0.2) is 6.33 Å². The van der Waals surface area contributed by atoms with Gasteiger partial charge in [0.1, 0.15) is 5.69 Å². The van der Waals surface area contributed by atoms with E-state index in [9.17, 15) is 14.4 Å². The van der Waals surface area contributed by atoms with Crippen LogP contribution in [0.2, 0.25) is 0 Å². The molecule has 0 aliphatic heterocycles. The molecule has 2 rings (SSSR count). The Labute approximate surface area is 274 Å². The lowest BCUT2D eigenvalue weighted by molar-refractivity contribution is -0.587. The summed E-state index contributed by atoms with van der Waals surface area (Å²) in [5.74, 6) is 0.673. The second-order valence-corrected chi connectivity index (χ2v) is 14.7. The molecule has 0 saturated heterocycles. The molecule has 2 aromatic heterocycles. The van der Waals surface area contributed by atoms with Gasteiger partial charge in [0.05, 0.1) is 23.8 Å². The number of aromatic nitrogens is 4. The quantitative estimate of drug-likeness (QED) is 0.203. The molecule has 1 unspecified atom stereocenters. The Balaban J connectivity index is 2.58. The van der Waals surface area contributed by atoms with Gasteiger partial charge in [-0.05, 0) is 27.7 Å². The van der Waals surface area contributed by atoms with E-state index >= 15 is 0 Å². The Bertz CT molecular complexity index is 1520. The maximum Gasteiger partial charge on any atom is 0.275 e. The van der Waals surface area contributed by atoms with Gasteiger partial charge in [0, 0.05) is 46.8 Å². The molecule has 0 fully saturated rings. The minimum atomic E-state index is -0.582. The zero-order valence-electron chi connectivity index (χ0n) is 29.9. The van der Waals surface area contributed by atoms with Crippen molar-refractivity contribution in [3.63, 3.8) is 0 Å². The highest BCUT2D eigenvalue weighted by atomic mass is 16.2. The van der Waals surface area contributed by atoms with Crippen molar-refractivity contribution in [2.75, 3.05) is 0 Å². The zero-order valence-corrected chi connectivity index (χ0v) is 29.9. The smallest absolute Gasteiger partial charge is 0.275 e. The van der Waals surface area contributed by atoms with Gasteiger partial charge in [-0.15, -0.1) is 4.98 Å². The first kappa shape index (κ1) is 37.8. The monoisotopic (exact) mass is 635 g/mol. The van der Waals surface area contributed by atoms with Crippen LogP contribution in [0.4, 0.5) is 5.82 Å². The first-order valence-electron chi connectivity index (χ1n) is 15.5. The molecular formula is C34H53N9O3+2. The van der Waals surface area contributed by atoms with Crippen molar-refractivity contribution in [1.29, 1.82) is 0 Å². The van der Waals surface area contributed by atoms with Gasteiger partial charge < -0.3 is 16.0 Å². The van der Waals surface area contributed by atoms with Crippen molar-refractivity contribution < 1.29 is 23.5 Å². The predicted molar refractivity (Wildman–Crippen MR) is 180 cm³/mol. The van der Waals surface area contributed by atoms with E-state index in [0.717, 1.165) is 16.8 Å². The molecule has 12 heteroatoms. The molecule has 2 aromatic rings. The second-order valence-electron chi connectivity index (χ2n) is 14.7. The first-order valence-corrected chi connectivity index (χ1v) is 15.5. The van der Waals surface area contributed by atoms with E-state index in [1.807, 2.05) is 96.2 Å². The van der Waals surface area contributed by atoms with Crippen LogP contribution in [0, 0.1) is 23.2 Å². The van der Waals surface area contributed by atoms with Crippen molar-refractivity contribution in [3.05, 3.63) is 47.4 Å². The molecule has 2 atom stereocenters. The number of rotatable bonds is 10. The summed E-state index contributed by atoms with van der Waals surface area (Å²) in [6.45, 7) is 28.6. The summed E-state index contributed by atoms with van der Waals surface area (Å²) in [6, 6.07) is -0.774. The summed E-state index contributed by atoms with van der Waals surface area (Å²) in [5, 5.41) is 9.08. The van der Waals surface area contributed by atoms with Crippen molar-refractivity contribution in [2.24, 2.45) is 21.2 Å². The molecule has 250 valence electrons. The topological polar surface area (TPSA) is 145 Å². The zero-order chi connectivity index (χ0) is 35.2. The molecular weight excluding hydrogens is 582 g/mol. The maximum atomic E-state index is 12.9. The molecule has 46 heavy (non-hydrogen) atoms. The Morgan fingerprint density at radius 3 is 2.09 bits per heavy atom. The van der Waals surface area contributed by atoms with Crippen molar-refractivity contribution >= 4 is 42.4 Å². The van der Waals surface area contributed by atoms with E-state index < -0.39 is 22.3 Å². The molecule has 0 bridgehead atoms. The Kier molecular flexibility index (Phi) is 12.2. The second kappa shape index (κ2) is 14.8. The van der Waals surface area contributed by atoms with E-state index in [0.29, 0.717) is 17.2 Å². The molecule has 0 aliphatic rings. The molecule has 3 N–H and O–H groups in total. The van der Waals surface area contributed by atoms with Gasteiger partial charge in [-0.25, -0.2) is 14.1 Å². The van der Waals surface area contributed by atoms with Gasteiger partial charge >= 0.3 is 0 Å². The molecule has 0 saturated carbocycles. The summed E-state index contributed by atoms with van der Waals surface area (Å²) in [6.07, 6.45) is 8.09. The summed E-state index contributed by atoms with van der Waals surface area (Å²) in [5.41, 5.74) is 1.30. The SMILES string of the molecule is C=[N+](C=N/C(=C(\C)C(C)NC(=O)C(C)(C)C)[n+]1cnc(C)c(CNC(=O)C(C)(C)C)c1)c1ncncc1[C@@H](C)NC(=O)C(C)(C)C. The van der Waals surface area contributed by atoms with Crippen LogP contribution in [-0.4, -0.2) is 56.3 Å². The average Bonchev–Trinajstić information content (AvgIpc) is 2.95. The van der Waals surface area contributed by atoms with Crippen molar-refractivity contribution in [1.82, 2.24) is 30.9 Å². The lowest BCUT2D eigenvalue weighted by atomic mass is 9.95. The number of aryl methyl sites for hydroxylation is 1.